The Kier molecular flexibility index (Phi) is 14.1. The van der Waals surface area contributed by atoms with Crippen LogP contribution < -0.4 is 4.74 Å². The van der Waals surface area contributed by atoms with Crippen LogP contribution in [0.2, 0.25) is 0 Å². The van der Waals surface area contributed by atoms with E-state index in [0.29, 0.717) is 44.2 Å². The maximum Gasteiger partial charge on any atom is 0.332 e. The molecule has 2 rings (SSSR count). The summed E-state index contributed by atoms with van der Waals surface area (Å²) in [6.45, 7) is 3.48. The van der Waals surface area contributed by atoms with E-state index in [2.05, 4.69) is 0 Å². The molecule has 1 aliphatic carbocycles. The summed E-state index contributed by atoms with van der Waals surface area (Å²) in [6, 6.07) is 7.13. The monoisotopic (exact) mass is 522 g/mol. The van der Waals surface area contributed by atoms with E-state index < -0.39 is 20.8 Å². The molecule has 0 fully saturated rings. The van der Waals surface area contributed by atoms with Gasteiger partial charge in [0, 0.05) is 19.8 Å². The van der Waals surface area contributed by atoms with Gasteiger partial charge >= 0.3 is 15.2 Å². The molecular weight excluding hydrogens is 486 g/mol. The normalized spacial score (nSPS) is 19.2. The van der Waals surface area contributed by atoms with Crippen LogP contribution in [0.5, 0.6) is 5.75 Å². The quantitative estimate of drug-likeness (QED) is 0.246. The third-order valence-corrected chi connectivity index (χ3v) is 6.83. The number of hydrogen-bond donors (Lipinski definition) is 3. The molecule has 3 N–H and O–H groups in total. The minimum absolute atomic E-state index is 0.0516. The van der Waals surface area contributed by atoms with Crippen LogP contribution in [0.25, 0.3) is 0 Å². The third kappa shape index (κ3) is 13.0. The Morgan fingerprint density at radius 3 is 2.24 bits per heavy atom. The molecule has 1 aliphatic rings. The van der Waals surface area contributed by atoms with Crippen molar-refractivity contribution in [1.82, 2.24) is 0 Å². The second kappa shape index (κ2) is 15.6. The van der Waals surface area contributed by atoms with Gasteiger partial charge in [-0.05, 0) is 19.4 Å². The van der Waals surface area contributed by atoms with Gasteiger partial charge in [-0.2, -0.15) is 0 Å². The van der Waals surface area contributed by atoms with E-state index in [9.17, 15) is 14.0 Å². The molecule has 0 spiro atoms. The van der Waals surface area contributed by atoms with E-state index in [4.69, 9.17) is 33.3 Å². The van der Waals surface area contributed by atoms with Crippen molar-refractivity contribution in [3.63, 3.8) is 0 Å². The van der Waals surface area contributed by atoms with E-state index in [0.717, 1.165) is 0 Å². The van der Waals surface area contributed by atoms with Crippen molar-refractivity contribution in [1.29, 1.82) is 0 Å². The first-order valence-electron chi connectivity index (χ1n) is 10.7. The number of allylic oxidation sites excluding steroid dienone is 2. The minimum Gasteiger partial charge on any atom is -0.491 e. The number of methoxy groups -OCH3 is 2. The maximum atomic E-state index is 11.7. The van der Waals surface area contributed by atoms with Crippen molar-refractivity contribution in [3.05, 3.63) is 54.1 Å². The van der Waals surface area contributed by atoms with Crippen molar-refractivity contribution in [2.24, 2.45) is 0 Å². The van der Waals surface area contributed by atoms with Gasteiger partial charge in [0.15, 0.2) is 0 Å². The lowest BCUT2D eigenvalue weighted by Gasteiger charge is -2.31. The Morgan fingerprint density at radius 1 is 0.971 bits per heavy atom. The number of rotatable bonds is 14. The van der Waals surface area contributed by atoms with Gasteiger partial charge in [-0.25, -0.2) is 0 Å². The molecule has 0 aromatic heterocycles. The van der Waals surface area contributed by atoms with Crippen LogP contribution in [-0.2, 0) is 34.0 Å². The predicted octanol–water partition coefficient (Wildman–Crippen LogP) is 3.52. The molecule has 2 unspecified atom stereocenters. The van der Waals surface area contributed by atoms with Crippen LogP contribution in [0.3, 0.4) is 0 Å². The summed E-state index contributed by atoms with van der Waals surface area (Å²) >= 11 is 0. The van der Waals surface area contributed by atoms with E-state index >= 15 is 0 Å². The molecular formula is C22H36O10P2. The Morgan fingerprint density at radius 2 is 1.65 bits per heavy atom. The Hall–Kier alpha value is -1.32. The van der Waals surface area contributed by atoms with E-state index in [1.807, 2.05) is 18.2 Å². The lowest BCUT2D eigenvalue weighted by Crippen LogP contribution is -2.36. The molecule has 0 heterocycles. The van der Waals surface area contributed by atoms with Crippen molar-refractivity contribution in [3.8, 4) is 5.75 Å². The number of para-hydroxylation sites is 1. The average molecular weight is 522 g/mol. The molecule has 2 atom stereocenters. The van der Waals surface area contributed by atoms with Gasteiger partial charge < -0.3 is 38.2 Å². The van der Waals surface area contributed by atoms with Gasteiger partial charge in [-0.15, -0.1) is 0 Å². The highest BCUT2D eigenvalue weighted by Gasteiger charge is 2.35. The SMILES string of the molecule is CCOP(=O)(O)Cc1ccccc1OCCOC.COCCOC1(CP(=O)(O)O)C=CC=CC1. The highest BCUT2D eigenvalue weighted by atomic mass is 31.2. The van der Waals surface area contributed by atoms with Gasteiger partial charge in [0.1, 0.15) is 18.0 Å². The first kappa shape index (κ1) is 30.7. The van der Waals surface area contributed by atoms with Gasteiger partial charge in [0.05, 0.1) is 38.8 Å². The first-order chi connectivity index (χ1) is 16.1. The fraction of sp³-hybridized carbons (Fsp3) is 0.545. The molecule has 12 heteroatoms. The Bertz CT molecular complexity index is 867. The van der Waals surface area contributed by atoms with Crippen molar-refractivity contribution in [2.45, 2.75) is 25.1 Å². The Balaban J connectivity index is 0.000000342. The molecule has 194 valence electrons. The van der Waals surface area contributed by atoms with Crippen LogP contribution in [0, 0.1) is 0 Å². The fourth-order valence-electron chi connectivity index (χ4n) is 3.06. The number of benzene rings is 1. The van der Waals surface area contributed by atoms with Crippen LogP contribution in [0.4, 0.5) is 0 Å². The molecule has 0 saturated heterocycles. The van der Waals surface area contributed by atoms with Crippen LogP contribution in [-0.4, -0.2) is 73.7 Å². The van der Waals surface area contributed by atoms with E-state index in [-0.39, 0.29) is 18.9 Å². The highest BCUT2D eigenvalue weighted by Crippen LogP contribution is 2.47. The molecule has 0 saturated carbocycles. The smallest absolute Gasteiger partial charge is 0.332 e. The topological polar surface area (TPSA) is 141 Å². The van der Waals surface area contributed by atoms with Crippen molar-refractivity contribution in [2.75, 3.05) is 53.4 Å². The van der Waals surface area contributed by atoms with Gasteiger partial charge in [0.25, 0.3) is 0 Å². The summed E-state index contributed by atoms with van der Waals surface area (Å²) in [7, 11) is -4.55. The predicted molar refractivity (Wildman–Crippen MR) is 129 cm³/mol. The molecule has 10 nitrogen and oxygen atoms in total. The molecule has 1 aromatic rings. The Labute approximate surface area is 201 Å². The molecule has 1 aromatic carbocycles. The highest BCUT2D eigenvalue weighted by molar-refractivity contribution is 7.52. The molecule has 0 radical (unpaired) electrons. The number of hydrogen-bond acceptors (Lipinski definition) is 7. The summed E-state index contributed by atoms with van der Waals surface area (Å²) < 4.78 is 48.4. The largest absolute Gasteiger partial charge is 0.491 e. The zero-order valence-corrected chi connectivity index (χ0v) is 21.7. The van der Waals surface area contributed by atoms with Gasteiger partial charge in [-0.3, -0.25) is 9.13 Å². The maximum absolute atomic E-state index is 11.7. The summed E-state index contributed by atoms with van der Waals surface area (Å²) in [6.07, 6.45) is 7.22. The van der Waals surface area contributed by atoms with Crippen LogP contribution in [0.15, 0.2) is 48.6 Å². The fourth-order valence-corrected chi connectivity index (χ4v) is 5.27. The average Bonchev–Trinajstić information content (AvgIpc) is 2.75. The second-order valence-electron chi connectivity index (χ2n) is 7.38. The lowest BCUT2D eigenvalue weighted by molar-refractivity contribution is -0.0191. The zero-order valence-electron chi connectivity index (χ0n) is 19.9. The summed E-state index contributed by atoms with van der Waals surface area (Å²) in [4.78, 5) is 27.7. The summed E-state index contributed by atoms with van der Waals surface area (Å²) in [5.41, 5.74) is -0.236. The summed E-state index contributed by atoms with van der Waals surface area (Å²) in [5, 5.41) is 0. The van der Waals surface area contributed by atoms with Crippen molar-refractivity contribution >= 4 is 15.2 Å². The van der Waals surface area contributed by atoms with E-state index in [1.54, 1.807) is 51.5 Å². The van der Waals surface area contributed by atoms with Crippen LogP contribution in [0.1, 0.15) is 18.9 Å². The standard InChI is InChI=1S/C12H19O5P.C10H17O5P/c1-3-17-18(13,14)10-11-6-4-5-7-12(11)16-9-8-15-2;1-14-7-8-15-10(9-16(11,12)13)5-3-2-4-6-10/h4-7H,3,8-10H2,1-2H3,(H,13,14);2-5H,6-9H2,1H3,(H2,11,12,13). The van der Waals surface area contributed by atoms with E-state index in [1.165, 1.54) is 0 Å². The molecule has 0 bridgehead atoms. The van der Waals surface area contributed by atoms with Gasteiger partial charge in [-0.1, -0.05) is 42.5 Å². The first-order valence-corrected chi connectivity index (χ1v) is 14.3. The van der Waals surface area contributed by atoms with Crippen LogP contribution >= 0.6 is 15.2 Å². The molecule has 0 aliphatic heterocycles. The minimum atomic E-state index is -4.10. The second-order valence-corrected chi connectivity index (χ2v) is 10.9. The third-order valence-electron chi connectivity index (χ3n) is 4.48. The lowest BCUT2D eigenvalue weighted by atomic mass is 9.97. The summed E-state index contributed by atoms with van der Waals surface area (Å²) in [5.74, 6) is 0.587. The van der Waals surface area contributed by atoms with Gasteiger partial charge in [0.2, 0.25) is 0 Å². The molecule has 0 amide bonds. The number of ether oxygens (including phenoxy) is 4. The molecule has 34 heavy (non-hydrogen) atoms. The zero-order chi connectivity index (χ0) is 25.5. The van der Waals surface area contributed by atoms with Crippen molar-refractivity contribution < 1.29 is 47.3 Å².